The van der Waals surface area contributed by atoms with Crippen LogP contribution in [0.2, 0.25) is 0 Å². The zero-order valence-electron chi connectivity index (χ0n) is 12.7. The average molecular weight is 326 g/mol. The van der Waals surface area contributed by atoms with Crippen molar-refractivity contribution in [1.29, 1.82) is 0 Å². The molecule has 2 aliphatic heterocycles. The summed E-state index contributed by atoms with van der Waals surface area (Å²) in [6.45, 7) is 10.8. The first-order chi connectivity index (χ1) is 8.81. The molecule has 7 heteroatoms. The quantitative estimate of drug-likeness (QED) is 0.785. The summed E-state index contributed by atoms with van der Waals surface area (Å²) in [6.07, 6.45) is 1.94. The van der Waals surface area contributed by atoms with Gasteiger partial charge < -0.3 is 10.2 Å². The molecule has 120 valence electrons. The number of hydrogen-bond acceptors (Lipinski definition) is 4. The van der Waals surface area contributed by atoms with Gasteiger partial charge in [-0.2, -0.15) is 0 Å². The molecule has 2 rings (SSSR count). The number of halogens is 1. The van der Waals surface area contributed by atoms with Crippen LogP contribution in [0.3, 0.4) is 0 Å². The number of nitrogens with zero attached hydrogens (tertiary/aromatic N) is 1. The highest BCUT2D eigenvalue weighted by molar-refractivity contribution is 7.90. The van der Waals surface area contributed by atoms with E-state index in [1.165, 1.54) is 6.42 Å². The van der Waals surface area contributed by atoms with E-state index in [1.807, 2.05) is 13.8 Å². The number of likely N-dealkylation sites (tertiary alicyclic amines) is 1. The summed E-state index contributed by atoms with van der Waals surface area (Å²) in [6, 6.07) is -0.0180. The Morgan fingerprint density at radius 1 is 1.45 bits per heavy atom. The molecular formula is C13H28ClN3O2S. The van der Waals surface area contributed by atoms with Gasteiger partial charge in [-0.1, -0.05) is 6.92 Å². The minimum Gasteiger partial charge on any atom is -0.316 e. The van der Waals surface area contributed by atoms with Crippen LogP contribution in [0.1, 0.15) is 33.6 Å². The third-order valence-electron chi connectivity index (χ3n) is 4.13. The lowest BCUT2D eigenvalue weighted by molar-refractivity contribution is 0.209. The van der Waals surface area contributed by atoms with Crippen LogP contribution < -0.4 is 10.0 Å². The van der Waals surface area contributed by atoms with Gasteiger partial charge in [0, 0.05) is 25.7 Å². The van der Waals surface area contributed by atoms with E-state index in [1.54, 1.807) is 0 Å². The molecular weight excluding hydrogens is 298 g/mol. The molecule has 0 aromatic heterocycles. The van der Waals surface area contributed by atoms with E-state index in [4.69, 9.17) is 0 Å². The molecule has 2 aliphatic rings. The summed E-state index contributed by atoms with van der Waals surface area (Å²) in [4.78, 5) is 2.32. The first-order valence-corrected chi connectivity index (χ1v) is 8.80. The summed E-state index contributed by atoms with van der Waals surface area (Å²) in [5.74, 6) is 0. The van der Waals surface area contributed by atoms with Crippen molar-refractivity contribution >= 4 is 22.4 Å². The fourth-order valence-corrected chi connectivity index (χ4v) is 4.83. The molecule has 2 heterocycles. The highest BCUT2D eigenvalue weighted by Crippen LogP contribution is 2.28. The molecule has 0 aromatic carbocycles. The van der Waals surface area contributed by atoms with Gasteiger partial charge in [0.1, 0.15) is 0 Å². The number of hydrogen-bond donors (Lipinski definition) is 2. The van der Waals surface area contributed by atoms with Crippen molar-refractivity contribution in [3.63, 3.8) is 0 Å². The van der Waals surface area contributed by atoms with E-state index in [-0.39, 0.29) is 23.7 Å². The van der Waals surface area contributed by atoms with Gasteiger partial charge in [0.2, 0.25) is 10.0 Å². The fraction of sp³-hybridized carbons (Fsp3) is 1.00. The average Bonchev–Trinajstić information content (AvgIpc) is 2.86. The third-order valence-corrected chi connectivity index (χ3v) is 6.19. The van der Waals surface area contributed by atoms with Gasteiger partial charge in [-0.05, 0) is 45.2 Å². The molecule has 5 nitrogen and oxygen atoms in total. The molecule has 0 bridgehead atoms. The summed E-state index contributed by atoms with van der Waals surface area (Å²) in [7, 11) is -3.15. The molecule has 2 atom stereocenters. The predicted octanol–water partition coefficient (Wildman–Crippen LogP) is 0.810. The largest absolute Gasteiger partial charge is 0.316 e. The zero-order chi connectivity index (χ0) is 14.1. The summed E-state index contributed by atoms with van der Waals surface area (Å²) in [5.41, 5.74) is 0.310. The molecule has 0 radical (unpaired) electrons. The van der Waals surface area contributed by atoms with Crippen LogP contribution in [0.15, 0.2) is 0 Å². The maximum Gasteiger partial charge on any atom is 0.216 e. The molecule has 0 amide bonds. The second kappa shape index (κ2) is 6.92. The van der Waals surface area contributed by atoms with Crippen molar-refractivity contribution in [3.8, 4) is 0 Å². The van der Waals surface area contributed by atoms with Crippen molar-refractivity contribution in [1.82, 2.24) is 14.9 Å². The highest BCUT2D eigenvalue weighted by atomic mass is 35.5. The van der Waals surface area contributed by atoms with E-state index in [0.717, 1.165) is 32.6 Å². The van der Waals surface area contributed by atoms with Crippen LogP contribution in [0.25, 0.3) is 0 Å². The molecule has 0 saturated carbocycles. The van der Waals surface area contributed by atoms with E-state index in [2.05, 4.69) is 21.9 Å². The SMILES string of the molecule is CC(C)NS(=O)(=O)C1CCN(CC2(C)CCNC2)C1.Cl. The van der Waals surface area contributed by atoms with Crippen LogP contribution >= 0.6 is 12.4 Å². The molecule has 0 spiro atoms. The van der Waals surface area contributed by atoms with E-state index >= 15 is 0 Å². The van der Waals surface area contributed by atoms with Gasteiger partial charge in [-0.15, -0.1) is 12.4 Å². The smallest absolute Gasteiger partial charge is 0.216 e. The lowest BCUT2D eigenvalue weighted by Crippen LogP contribution is -2.41. The Morgan fingerprint density at radius 3 is 2.70 bits per heavy atom. The first kappa shape index (κ1) is 18.2. The van der Waals surface area contributed by atoms with Gasteiger partial charge in [-0.3, -0.25) is 0 Å². The number of rotatable bonds is 5. The fourth-order valence-electron chi connectivity index (χ4n) is 3.16. The highest BCUT2D eigenvalue weighted by Gasteiger charge is 2.37. The van der Waals surface area contributed by atoms with Gasteiger partial charge in [0.05, 0.1) is 5.25 Å². The van der Waals surface area contributed by atoms with Crippen LogP contribution in [0, 0.1) is 5.41 Å². The standard InChI is InChI=1S/C13H27N3O2S.ClH/c1-11(2)15-19(17,18)12-4-7-16(8-12)10-13(3)5-6-14-9-13;/h11-12,14-15H,4-10H2,1-3H3;1H. The monoisotopic (exact) mass is 325 g/mol. The Labute approximate surface area is 129 Å². The van der Waals surface area contributed by atoms with Crippen molar-refractivity contribution in [2.45, 2.75) is 44.9 Å². The van der Waals surface area contributed by atoms with Crippen molar-refractivity contribution in [2.75, 3.05) is 32.7 Å². The van der Waals surface area contributed by atoms with Crippen molar-refractivity contribution < 1.29 is 8.42 Å². The van der Waals surface area contributed by atoms with Gasteiger partial charge in [-0.25, -0.2) is 13.1 Å². The summed E-state index contributed by atoms with van der Waals surface area (Å²) in [5, 5.41) is 3.15. The minimum atomic E-state index is -3.15. The lowest BCUT2D eigenvalue weighted by Gasteiger charge is -2.29. The molecule has 0 aliphatic carbocycles. The van der Waals surface area contributed by atoms with E-state index in [9.17, 15) is 8.42 Å². The second-order valence-electron chi connectivity index (χ2n) is 6.70. The molecule has 20 heavy (non-hydrogen) atoms. The third kappa shape index (κ3) is 4.56. The van der Waals surface area contributed by atoms with Gasteiger partial charge in [0.15, 0.2) is 0 Å². The van der Waals surface area contributed by atoms with Crippen LogP contribution in [0.5, 0.6) is 0 Å². The molecule has 2 unspecified atom stereocenters. The van der Waals surface area contributed by atoms with Crippen LogP contribution in [-0.4, -0.2) is 57.3 Å². The van der Waals surface area contributed by atoms with Gasteiger partial charge >= 0.3 is 0 Å². The lowest BCUT2D eigenvalue weighted by atomic mass is 9.89. The number of nitrogens with one attached hydrogen (secondary N) is 2. The van der Waals surface area contributed by atoms with Crippen LogP contribution in [-0.2, 0) is 10.0 Å². The Kier molecular flexibility index (Phi) is 6.29. The minimum absolute atomic E-state index is 0. The molecule has 0 aromatic rings. The number of sulfonamides is 1. The molecule has 2 N–H and O–H groups in total. The Bertz CT molecular complexity index is 408. The topological polar surface area (TPSA) is 61.4 Å². The molecule has 2 saturated heterocycles. The Balaban J connectivity index is 0.00000200. The van der Waals surface area contributed by atoms with E-state index in [0.29, 0.717) is 12.0 Å². The first-order valence-electron chi connectivity index (χ1n) is 7.25. The second-order valence-corrected chi connectivity index (χ2v) is 8.69. The van der Waals surface area contributed by atoms with Crippen molar-refractivity contribution in [3.05, 3.63) is 0 Å². The predicted molar refractivity (Wildman–Crippen MR) is 84.9 cm³/mol. The summed E-state index contributed by atoms with van der Waals surface area (Å²) >= 11 is 0. The Hall–Kier alpha value is 0.120. The van der Waals surface area contributed by atoms with Gasteiger partial charge in [0.25, 0.3) is 0 Å². The van der Waals surface area contributed by atoms with Crippen LogP contribution in [0.4, 0.5) is 0 Å². The normalized spacial score (nSPS) is 31.7. The van der Waals surface area contributed by atoms with E-state index < -0.39 is 10.0 Å². The summed E-state index contributed by atoms with van der Waals surface area (Å²) < 4.78 is 27.0. The van der Waals surface area contributed by atoms with Crippen molar-refractivity contribution in [2.24, 2.45) is 5.41 Å². The molecule has 2 fully saturated rings. The Morgan fingerprint density at radius 2 is 2.15 bits per heavy atom. The maximum atomic E-state index is 12.2. The zero-order valence-corrected chi connectivity index (χ0v) is 14.3. The maximum absolute atomic E-state index is 12.2.